The smallest absolute Gasteiger partial charge is 0.323 e. The van der Waals surface area contributed by atoms with E-state index in [-0.39, 0.29) is 36.3 Å². The molecule has 0 spiro atoms. The van der Waals surface area contributed by atoms with Crippen molar-refractivity contribution in [1.82, 2.24) is 5.32 Å². The number of carbonyl (C=O) groups excluding carboxylic acids is 2. The zero-order valence-corrected chi connectivity index (χ0v) is 17.3. The minimum absolute atomic E-state index is 0. The van der Waals surface area contributed by atoms with Crippen LogP contribution in [0.3, 0.4) is 0 Å². The summed E-state index contributed by atoms with van der Waals surface area (Å²) in [7, 11) is 0. The average molecular weight is 405 g/mol. The number of hydrogen-bond donors (Lipinski definition) is 4. The summed E-state index contributed by atoms with van der Waals surface area (Å²) < 4.78 is 0. The highest BCUT2D eigenvalue weighted by molar-refractivity contribution is 5.99. The molecule has 7 heteroatoms. The third-order valence-corrected chi connectivity index (χ3v) is 4.62. The number of rotatable bonds is 7. The topological polar surface area (TPSA) is 96.2 Å². The highest BCUT2D eigenvalue weighted by Crippen LogP contribution is 2.17. The van der Waals surface area contributed by atoms with Crippen molar-refractivity contribution in [1.29, 1.82) is 0 Å². The van der Waals surface area contributed by atoms with Crippen LogP contribution >= 0.6 is 12.4 Å². The van der Waals surface area contributed by atoms with Gasteiger partial charge in [-0.3, -0.25) is 4.79 Å². The van der Waals surface area contributed by atoms with E-state index in [2.05, 4.69) is 16.0 Å². The van der Waals surface area contributed by atoms with E-state index < -0.39 is 6.04 Å². The Kier molecular flexibility index (Phi) is 9.48. The van der Waals surface area contributed by atoms with Crippen molar-refractivity contribution in [3.63, 3.8) is 0 Å². The number of benzene rings is 2. The standard InChI is InChI=1S/C21H28N4O2.ClH/c1-4-14(2)19(22)20(26)23-15(3)16-10-12-18(13-11-16)25-21(27)24-17-8-6-5-7-9-17;/h5-15,19H,4,22H2,1-3H3,(H,23,26)(H2,24,25,27);1H. The lowest BCUT2D eigenvalue weighted by Gasteiger charge is -2.21. The first-order valence-corrected chi connectivity index (χ1v) is 9.19. The molecule has 0 saturated heterocycles. The van der Waals surface area contributed by atoms with Crippen molar-refractivity contribution in [2.24, 2.45) is 11.7 Å². The predicted octanol–water partition coefficient (Wildman–Crippen LogP) is 4.30. The SMILES string of the molecule is CCC(C)C(N)C(=O)NC(C)c1ccc(NC(=O)Nc2ccccc2)cc1.Cl. The third-order valence-electron chi connectivity index (χ3n) is 4.62. The molecule has 5 N–H and O–H groups in total. The molecule has 0 fully saturated rings. The molecule has 6 nitrogen and oxygen atoms in total. The number of anilines is 2. The maximum absolute atomic E-state index is 12.2. The lowest BCUT2D eigenvalue weighted by molar-refractivity contribution is -0.124. The molecule has 2 aromatic carbocycles. The van der Waals surface area contributed by atoms with Crippen LogP contribution in [0.4, 0.5) is 16.2 Å². The molecule has 0 saturated carbocycles. The largest absolute Gasteiger partial charge is 0.348 e. The Morgan fingerprint density at radius 1 is 0.929 bits per heavy atom. The van der Waals surface area contributed by atoms with Crippen LogP contribution in [0.25, 0.3) is 0 Å². The molecule has 0 aliphatic rings. The van der Waals surface area contributed by atoms with Gasteiger partial charge in [0.2, 0.25) is 5.91 Å². The lowest BCUT2D eigenvalue weighted by atomic mass is 9.98. The van der Waals surface area contributed by atoms with Crippen molar-refractivity contribution >= 4 is 35.7 Å². The van der Waals surface area contributed by atoms with E-state index in [0.29, 0.717) is 5.69 Å². The summed E-state index contributed by atoms with van der Waals surface area (Å²) in [5.74, 6) is -0.0202. The van der Waals surface area contributed by atoms with Gasteiger partial charge in [-0.1, -0.05) is 50.6 Å². The van der Waals surface area contributed by atoms with E-state index in [4.69, 9.17) is 5.73 Å². The fourth-order valence-corrected chi connectivity index (χ4v) is 2.58. The summed E-state index contributed by atoms with van der Waals surface area (Å²) >= 11 is 0. The van der Waals surface area contributed by atoms with Gasteiger partial charge in [0.05, 0.1) is 12.1 Å². The summed E-state index contributed by atoms with van der Waals surface area (Å²) in [6.45, 7) is 5.89. The predicted molar refractivity (Wildman–Crippen MR) is 117 cm³/mol. The molecular formula is C21H29ClN4O2. The number of amides is 3. The van der Waals surface area contributed by atoms with Gasteiger partial charge in [-0.2, -0.15) is 0 Å². The summed E-state index contributed by atoms with van der Waals surface area (Å²) in [6, 6.07) is 15.6. The summed E-state index contributed by atoms with van der Waals surface area (Å²) in [6.07, 6.45) is 0.856. The van der Waals surface area contributed by atoms with E-state index in [0.717, 1.165) is 17.7 Å². The highest BCUT2D eigenvalue weighted by Gasteiger charge is 2.21. The number of hydrogen-bond acceptors (Lipinski definition) is 3. The molecule has 0 aliphatic carbocycles. The number of carbonyl (C=O) groups is 2. The fraction of sp³-hybridized carbons (Fsp3) is 0.333. The van der Waals surface area contributed by atoms with Gasteiger partial charge in [-0.05, 0) is 42.7 Å². The second-order valence-corrected chi connectivity index (χ2v) is 6.71. The molecule has 3 amide bonds. The zero-order chi connectivity index (χ0) is 19.8. The van der Waals surface area contributed by atoms with Gasteiger partial charge in [-0.15, -0.1) is 12.4 Å². The van der Waals surface area contributed by atoms with E-state index in [9.17, 15) is 9.59 Å². The minimum atomic E-state index is -0.514. The van der Waals surface area contributed by atoms with Gasteiger partial charge in [0, 0.05) is 11.4 Å². The number of para-hydroxylation sites is 1. The Morgan fingerprint density at radius 2 is 1.46 bits per heavy atom. The number of nitrogens with two attached hydrogens (primary N) is 1. The van der Waals surface area contributed by atoms with Crippen molar-refractivity contribution in [3.05, 3.63) is 60.2 Å². The first-order valence-electron chi connectivity index (χ1n) is 9.19. The van der Waals surface area contributed by atoms with Gasteiger partial charge in [0.1, 0.15) is 0 Å². The van der Waals surface area contributed by atoms with Crippen LogP contribution in [0.2, 0.25) is 0 Å². The molecule has 0 radical (unpaired) electrons. The molecule has 0 bridgehead atoms. The van der Waals surface area contributed by atoms with Crippen molar-refractivity contribution in [3.8, 4) is 0 Å². The summed E-state index contributed by atoms with van der Waals surface area (Å²) in [4.78, 5) is 24.2. The molecule has 2 aromatic rings. The monoisotopic (exact) mass is 404 g/mol. The van der Waals surface area contributed by atoms with Gasteiger partial charge < -0.3 is 21.7 Å². The molecule has 0 aromatic heterocycles. The van der Waals surface area contributed by atoms with Crippen molar-refractivity contribution in [2.45, 2.75) is 39.3 Å². The van der Waals surface area contributed by atoms with E-state index >= 15 is 0 Å². The normalized spacial score (nSPS) is 13.4. The van der Waals surface area contributed by atoms with E-state index in [1.165, 1.54) is 0 Å². The highest BCUT2D eigenvalue weighted by atomic mass is 35.5. The molecule has 28 heavy (non-hydrogen) atoms. The Balaban J connectivity index is 0.00000392. The quantitative estimate of drug-likeness (QED) is 0.553. The van der Waals surface area contributed by atoms with E-state index in [1.807, 2.05) is 63.2 Å². The van der Waals surface area contributed by atoms with Crippen LogP contribution in [0, 0.1) is 5.92 Å². The Morgan fingerprint density at radius 3 is 2.00 bits per heavy atom. The van der Waals surface area contributed by atoms with Gasteiger partial charge in [0.25, 0.3) is 0 Å². The Bertz CT molecular complexity index is 753. The van der Waals surface area contributed by atoms with Crippen molar-refractivity contribution < 1.29 is 9.59 Å². The Labute approximate surface area is 172 Å². The van der Waals surface area contributed by atoms with Gasteiger partial charge in [-0.25, -0.2) is 4.79 Å². The zero-order valence-electron chi connectivity index (χ0n) is 16.4. The molecule has 0 aliphatic heterocycles. The molecule has 0 heterocycles. The molecule has 3 unspecified atom stereocenters. The van der Waals surface area contributed by atoms with Crippen LogP contribution in [0.1, 0.15) is 38.8 Å². The van der Waals surface area contributed by atoms with Crippen LogP contribution < -0.4 is 21.7 Å². The maximum Gasteiger partial charge on any atom is 0.323 e. The second kappa shape index (κ2) is 11.3. The maximum atomic E-state index is 12.2. The van der Waals surface area contributed by atoms with Gasteiger partial charge in [0.15, 0.2) is 0 Å². The van der Waals surface area contributed by atoms with Crippen LogP contribution in [0.15, 0.2) is 54.6 Å². The average Bonchev–Trinajstić information content (AvgIpc) is 2.67. The number of halogens is 1. The van der Waals surface area contributed by atoms with Crippen molar-refractivity contribution in [2.75, 3.05) is 10.6 Å². The first-order chi connectivity index (χ1) is 12.9. The second-order valence-electron chi connectivity index (χ2n) is 6.71. The fourth-order valence-electron chi connectivity index (χ4n) is 2.58. The molecule has 2 rings (SSSR count). The third kappa shape index (κ3) is 6.87. The summed E-state index contributed by atoms with van der Waals surface area (Å²) in [5, 5.41) is 8.48. The van der Waals surface area contributed by atoms with Gasteiger partial charge >= 0.3 is 6.03 Å². The Hall–Kier alpha value is -2.57. The minimum Gasteiger partial charge on any atom is -0.348 e. The van der Waals surface area contributed by atoms with Crippen LogP contribution in [-0.2, 0) is 4.79 Å². The number of urea groups is 1. The van der Waals surface area contributed by atoms with Crippen LogP contribution in [0.5, 0.6) is 0 Å². The molecule has 152 valence electrons. The van der Waals surface area contributed by atoms with E-state index in [1.54, 1.807) is 12.1 Å². The number of nitrogens with one attached hydrogen (secondary N) is 3. The lowest BCUT2D eigenvalue weighted by Crippen LogP contribution is -2.45. The molecular weight excluding hydrogens is 376 g/mol. The first kappa shape index (κ1) is 23.5. The van der Waals surface area contributed by atoms with Crippen LogP contribution in [-0.4, -0.2) is 18.0 Å². The molecule has 3 atom stereocenters. The summed E-state index contributed by atoms with van der Waals surface area (Å²) in [5.41, 5.74) is 8.30.